The van der Waals surface area contributed by atoms with Crippen LogP contribution in [0.15, 0.2) is 0 Å². The van der Waals surface area contributed by atoms with Crippen LogP contribution >= 0.6 is 0 Å². The topological polar surface area (TPSA) is 59.4 Å². The van der Waals surface area contributed by atoms with Crippen LogP contribution in [-0.2, 0) is 4.79 Å². The van der Waals surface area contributed by atoms with Crippen molar-refractivity contribution in [2.75, 3.05) is 33.2 Å². The number of hydrogen-bond donors (Lipinski definition) is 1. The van der Waals surface area contributed by atoms with Crippen LogP contribution in [0.4, 0.5) is 0 Å². The van der Waals surface area contributed by atoms with Crippen LogP contribution in [0.25, 0.3) is 0 Å². The van der Waals surface area contributed by atoms with Crippen LogP contribution in [0, 0.1) is 16.7 Å². The van der Waals surface area contributed by atoms with E-state index in [4.69, 9.17) is 5.26 Å². The van der Waals surface area contributed by atoms with E-state index in [-0.39, 0.29) is 5.91 Å². The molecule has 84 valence electrons. The minimum absolute atomic E-state index is 0.227. The minimum atomic E-state index is -0.955. The molecule has 0 spiro atoms. The van der Waals surface area contributed by atoms with E-state index in [9.17, 15) is 4.79 Å². The average molecular weight is 210 g/mol. The van der Waals surface area contributed by atoms with E-state index in [2.05, 4.69) is 17.4 Å². The standard InChI is InChI=1S/C10H18N4O/c1-10(2,8-11)9(15)12-14-6-4-13(3)5-7-14/h4-7H2,1-3H3,(H,12,15). The highest BCUT2D eigenvalue weighted by Gasteiger charge is 2.29. The van der Waals surface area contributed by atoms with Gasteiger partial charge in [0.1, 0.15) is 5.41 Å². The Bertz CT molecular complexity index is 274. The van der Waals surface area contributed by atoms with Gasteiger partial charge in [-0.2, -0.15) is 5.26 Å². The smallest absolute Gasteiger partial charge is 0.254 e. The highest BCUT2D eigenvalue weighted by molar-refractivity contribution is 5.84. The summed E-state index contributed by atoms with van der Waals surface area (Å²) in [6.07, 6.45) is 0. The van der Waals surface area contributed by atoms with Gasteiger partial charge in [-0.15, -0.1) is 0 Å². The summed E-state index contributed by atoms with van der Waals surface area (Å²) >= 11 is 0. The second kappa shape index (κ2) is 4.60. The summed E-state index contributed by atoms with van der Waals surface area (Å²) in [7, 11) is 2.05. The lowest BCUT2D eigenvalue weighted by Crippen LogP contribution is -2.54. The number of rotatable bonds is 2. The molecule has 1 rings (SSSR count). The van der Waals surface area contributed by atoms with Crippen LogP contribution < -0.4 is 5.43 Å². The van der Waals surface area contributed by atoms with Crippen molar-refractivity contribution in [3.63, 3.8) is 0 Å². The second-order valence-electron chi connectivity index (χ2n) is 4.47. The molecule has 0 aromatic rings. The van der Waals surface area contributed by atoms with E-state index in [0.717, 1.165) is 26.2 Å². The van der Waals surface area contributed by atoms with E-state index in [1.165, 1.54) is 0 Å². The van der Waals surface area contributed by atoms with Crippen LogP contribution in [0.1, 0.15) is 13.8 Å². The zero-order valence-corrected chi connectivity index (χ0v) is 9.58. The number of piperazine rings is 1. The first-order valence-electron chi connectivity index (χ1n) is 5.11. The van der Waals surface area contributed by atoms with Gasteiger partial charge in [-0.3, -0.25) is 10.2 Å². The van der Waals surface area contributed by atoms with Gasteiger partial charge in [0.15, 0.2) is 0 Å². The summed E-state index contributed by atoms with van der Waals surface area (Å²) in [6.45, 7) is 6.74. The number of amides is 1. The molecule has 0 aliphatic carbocycles. The van der Waals surface area contributed by atoms with Crippen molar-refractivity contribution < 1.29 is 4.79 Å². The third-order valence-corrected chi connectivity index (χ3v) is 2.61. The molecule has 0 atom stereocenters. The van der Waals surface area contributed by atoms with Crippen molar-refractivity contribution in [2.45, 2.75) is 13.8 Å². The zero-order chi connectivity index (χ0) is 11.5. The van der Waals surface area contributed by atoms with E-state index in [1.54, 1.807) is 13.8 Å². The van der Waals surface area contributed by atoms with E-state index in [1.807, 2.05) is 11.1 Å². The van der Waals surface area contributed by atoms with Gasteiger partial charge < -0.3 is 4.90 Å². The molecular formula is C10H18N4O. The zero-order valence-electron chi connectivity index (χ0n) is 9.58. The van der Waals surface area contributed by atoms with Crippen LogP contribution in [0.3, 0.4) is 0 Å². The number of hydrogen-bond acceptors (Lipinski definition) is 4. The molecule has 1 amide bonds. The predicted molar refractivity (Wildman–Crippen MR) is 56.6 cm³/mol. The third kappa shape index (κ3) is 3.18. The van der Waals surface area contributed by atoms with E-state index in [0.29, 0.717) is 0 Å². The quantitative estimate of drug-likeness (QED) is 0.686. The number of nitriles is 1. The molecule has 1 aliphatic heterocycles. The molecular weight excluding hydrogens is 192 g/mol. The fourth-order valence-electron chi connectivity index (χ4n) is 1.25. The lowest BCUT2D eigenvalue weighted by Gasteiger charge is -2.33. The molecule has 1 heterocycles. The molecule has 1 aliphatic rings. The Morgan fingerprint density at radius 3 is 2.33 bits per heavy atom. The maximum atomic E-state index is 11.7. The highest BCUT2D eigenvalue weighted by Crippen LogP contribution is 2.13. The Labute approximate surface area is 90.6 Å². The van der Waals surface area contributed by atoms with Crippen molar-refractivity contribution in [1.29, 1.82) is 5.26 Å². The van der Waals surface area contributed by atoms with Crippen LogP contribution in [0.2, 0.25) is 0 Å². The number of hydrazine groups is 1. The summed E-state index contributed by atoms with van der Waals surface area (Å²) in [5.74, 6) is -0.227. The number of carbonyl (C=O) groups is 1. The first kappa shape index (κ1) is 12.0. The molecule has 1 fully saturated rings. The summed E-state index contributed by atoms with van der Waals surface area (Å²) in [4.78, 5) is 13.9. The van der Waals surface area contributed by atoms with Gasteiger partial charge in [0.05, 0.1) is 6.07 Å². The fraction of sp³-hybridized carbons (Fsp3) is 0.800. The Kier molecular flexibility index (Phi) is 3.66. The molecule has 0 bridgehead atoms. The lowest BCUT2D eigenvalue weighted by molar-refractivity contribution is -0.132. The predicted octanol–water partition coefficient (Wildman–Crippen LogP) is -0.185. The number of likely N-dealkylation sites (N-methyl/N-ethyl adjacent to an activating group) is 1. The van der Waals surface area contributed by atoms with Crippen molar-refractivity contribution in [3.05, 3.63) is 0 Å². The van der Waals surface area contributed by atoms with Gasteiger partial charge in [0.2, 0.25) is 0 Å². The molecule has 0 radical (unpaired) electrons. The summed E-state index contributed by atoms with van der Waals surface area (Å²) in [5, 5.41) is 10.7. The van der Waals surface area contributed by atoms with Gasteiger partial charge in [-0.1, -0.05) is 0 Å². The molecule has 1 N–H and O–H groups in total. The SMILES string of the molecule is CN1CCN(NC(=O)C(C)(C)C#N)CC1. The molecule has 0 unspecified atom stereocenters. The number of nitrogens with zero attached hydrogens (tertiary/aromatic N) is 3. The molecule has 0 aromatic heterocycles. The first-order valence-corrected chi connectivity index (χ1v) is 5.11. The molecule has 1 saturated heterocycles. The summed E-state index contributed by atoms with van der Waals surface area (Å²) in [6, 6.07) is 1.99. The summed E-state index contributed by atoms with van der Waals surface area (Å²) < 4.78 is 0. The summed E-state index contributed by atoms with van der Waals surface area (Å²) in [5.41, 5.74) is 1.82. The molecule has 5 nitrogen and oxygen atoms in total. The van der Waals surface area contributed by atoms with Gasteiger partial charge in [-0.25, -0.2) is 5.01 Å². The Morgan fingerprint density at radius 1 is 1.33 bits per heavy atom. The second-order valence-corrected chi connectivity index (χ2v) is 4.47. The van der Waals surface area contributed by atoms with Gasteiger partial charge in [0.25, 0.3) is 5.91 Å². The number of nitrogens with one attached hydrogen (secondary N) is 1. The molecule has 15 heavy (non-hydrogen) atoms. The lowest BCUT2D eigenvalue weighted by atomic mass is 9.95. The average Bonchev–Trinajstić information content (AvgIpc) is 2.21. The van der Waals surface area contributed by atoms with Gasteiger partial charge in [0, 0.05) is 26.2 Å². The van der Waals surface area contributed by atoms with Crippen molar-refractivity contribution in [1.82, 2.24) is 15.3 Å². The first-order chi connectivity index (χ1) is 6.95. The maximum absolute atomic E-state index is 11.7. The molecule has 0 aromatic carbocycles. The number of carbonyl (C=O) groups excluding carboxylic acids is 1. The Hall–Kier alpha value is -1.12. The van der Waals surface area contributed by atoms with Crippen molar-refractivity contribution in [3.8, 4) is 6.07 Å². The van der Waals surface area contributed by atoms with Crippen molar-refractivity contribution in [2.24, 2.45) is 5.41 Å². The Balaban J connectivity index is 2.43. The van der Waals surface area contributed by atoms with Crippen LogP contribution in [0.5, 0.6) is 0 Å². The molecule has 5 heteroatoms. The van der Waals surface area contributed by atoms with Gasteiger partial charge >= 0.3 is 0 Å². The highest BCUT2D eigenvalue weighted by atomic mass is 16.2. The minimum Gasteiger partial charge on any atom is -0.304 e. The van der Waals surface area contributed by atoms with E-state index >= 15 is 0 Å². The fourth-order valence-corrected chi connectivity index (χ4v) is 1.25. The van der Waals surface area contributed by atoms with Gasteiger partial charge in [-0.05, 0) is 20.9 Å². The van der Waals surface area contributed by atoms with E-state index < -0.39 is 5.41 Å². The Morgan fingerprint density at radius 2 is 1.87 bits per heavy atom. The normalized spacial score (nSPS) is 19.6. The monoisotopic (exact) mass is 210 g/mol. The van der Waals surface area contributed by atoms with Crippen LogP contribution in [-0.4, -0.2) is 49.0 Å². The molecule has 0 saturated carbocycles. The van der Waals surface area contributed by atoms with Crippen molar-refractivity contribution >= 4 is 5.91 Å². The maximum Gasteiger partial charge on any atom is 0.254 e. The third-order valence-electron chi connectivity index (χ3n) is 2.61. The largest absolute Gasteiger partial charge is 0.304 e.